The minimum atomic E-state index is -1.13. The number of ether oxygens (including phenoxy) is 1. The van der Waals surface area contributed by atoms with E-state index in [4.69, 9.17) is 4.74 Å². The maximum absolute atomic E-state index is 12.5. The summed E-state index contributed by atoms with van der Waals surface area (Å²) in [6.45, 7) is 3.57. The SMILES string of the molecule is Cc1ccc(N2C[C@@H](C(=O)O[C@@H](C)C(=O)NC(=O)NC3CCCCC3)CC2=O)cc1. The number of rotatable bonds is 5. The average molecular weight is 415 g/mol. The minimum Gasteiger partial charge on any atom is -0.452 e. The summed E-state index contributed by atoms with van der Waals surface area (Å²) < 4.78 is 5.23. The molecule has 1 aliphatic carbocycles. The van der Waals surface area contributed by atoms with E-state index < -0.39 is 29.9 Å². The molecule has 2 fully saturated rings. The first-order valence-corrected chi connectivity index (χ1v) is 10.5. The zero-order valence-corrected chi connectivity index (χ0v) is 17.5. The number of benzene rings is 1. The Balaban J connectivity index is 1.47. The molecular formula is C22H29N3O5. The van der Waals surface area contributed by atoms with E-state index >= 15 is 0 Å². The molecule has 2 atom stereocenters. The van der Waals surface area contributed by atoms with Gasteiger partial charge in [-0.2, -0.15) is 0 Å². The topological polar surface area (TPSA) is 105 Å². The van der Waals surface area contributed by atoms with E-state index in [1.54, 1.807) is 4.90 Å². The number of aryl methyl sites for hydroxylation is 1. The van der Waals surface area contributed by atoms with Gasteiger partial charge in [-0.15, -0.1) is 0 Å². The lowest BCUT2D eigenvalue weighted by molar-refractivity contribution is -0.158. The van der Waals surface area contributed by atoms with E-state index in [-0.39, 0.29) is 24.9 Å². The van der Waals surface area contributed by atoms with Crippen LogP contribution in [0.5, 0.6) is 0 Å². The van der Waals surface area contributed by atoms with Gasteiger partial charge in [-0.25, -0.2) is 4.79 Å². The van der Waals surface area contributed by atoms with Crippen molar-refractivity contribution in [3.63, 3.8) is 0 Å². The average Bonchev–Trinajstić information content (AvgIpc) is 3.11. The second-order valence-electron chi connectivity index (χ2n) is 8.12. The van der Waals surface area contributed by atoms with Crippen molar-refractivity contribution in [2.24, 2.45) is 5.92 Å². The van der Waals surface area contributed by atoms with Gasteiger partial charge in [0, 0.05) is 24.7 Å². The molecule has 1 aromatic rings. The minimum absolute atomic E-state index is 0.0310. The molecule has 0 aromatic heterocycles. The van der Waals surface area contributed by atoms with E-state index in [0.29, 0.717) is 0 Å². The summed E-state index contributed by atoms with van der Waals surface area (Å²) in [5, 5.41) is 5.01. The molecule has 1 aromatic carbocycles. The standard InChI is InChI=1S/C22H29N3O5/c1-14-8-10-18(11-9-14)25-13-16(12-19(25)26)21(28)30-15(2)20(27)24-22(29)23-17-6-4-3-5-7-17/h8-11,15-17H,3-7,12-13H2,1-2H3,(H2,23,24,27,29)/t15-,16-/m0/s1. The van der Waals surface area contributed by atoms with Gasteiger partial charge in [-0.05, 0) is 38.8 Å². The van der Waals surface area contributed by atoms with Crippen LogP contribution in [-0.4, -0.2) is 42.5 Å². The highest BCUT2D eigenvalue weighted by Crippen LogP contribution is 2.26. The Morgan fingerprint density at radius 1 is 1.10 bits per heavy atom. The Kier molecular flexibility index (Phi) is 7.07. The first-order valence-electron chi connectivity index (χ1n) is 10.5. The predicted molar refractivity (Wildman–Crippen MR) is 111 cm³/mol. The number of hydrogen-bond donors (Lipinski definition) is 2. The Bertz CT molecular complexity index is 801. The molecular weight excluding hydrogens is 386 g/mol. The Morgan fingerprint density at radius 3 is 2.43 bits per heavy atom. The smallest absolute Gasteiger partial charge is 0.321 e. The fourth-order valence-electron chi connectivity index (χ4n) is 3.85. The van der Waals surface area contributed by atoms with Gasteiger partial charge in [0.2, 0.25) is 5.91 Å². The summed E-state index contributed by atoms with van der Waals surface area (Å²) in [4.78, 5) is 50.5. The third kappa shape index (κ3) is 5.58. The lowest BCUT2D eigenvalue weighted by Gasteiger charge is -2.23. The van der Waals surface area contributed by atoms with Crippen molar-refractivity contribution < 1.29 is 23.9 Å². The van der Waals surface area contributed by atoms with Crippen LogP contribution in [0.3, 0.4) is 0 Å². The van der Waals surface area contributed by atoms with Gasteiger partial charge in [0.25, 0.3) is 5.91 Å². The van der Waals surface area contributed by atoms with Gasteiger partial charge < -0.3 is 15.0 Å². The van der Waals surface area contributed by atoms with Gasteiger partial charge in [-0.1, -0.05) is 37.0 Å². The van der Waals surface area contributed by atoms with Gasteiger partial charge in [0.1, 0.15) is 0 Å². The lowest BCUT2D eigenvalue weighted by atomic mass is 9.96. The molecule has 8 heteroatoms. The van der Waals surface area contributed by atoms with Crippen molar-refractivity contribution in [2.45, 2.75) is 64.5 Å². The quantitative estimate of drug-likeness (QED) is 0.719. The molecule has 0 radical (unpaired) electrons. The molecule has 30 heavy (non-hydrogen) atoms. The molecule has 0 spiro atoms. The van der Waals surface area contributed by atoms with E-state index in [2.05, 4.69) is 10.6 Å². The third-order valence-corrected chi connectivity index (χ3v) is 5.64. The fraction of sp³-hybridized carbons (Fsp3) is 0.545. The number of nitrogens with zero attached hydrogens (tertiary/aromatic N) is 1. The number of nitrogens with one attached hydrogen (secondary N) is 2. The van der Waals surface area contributed by atoms with Gasteiger partial charge in [0.15, 0.2) is 6.10 Å². The molecule has 1 aliphatic heterocycles. The maximum Gasteiger partial charge on any atom is 0.321 e. The highest BCUT2D eigenvalue weighted by atomic mass is 16.5. The van der Waals surface area contributed by atoms with Crippen molar-refractivity contribution in [1.82, 2.24) is 10.6 Å². The Labute approximate surface area is 176 Å². The van der Waals surface area contributed by atoms with Crippen molar-refractivity contribution >= 4 is 29.5 Å². The van der Waals surface area contributed by atoms with Gasteiger partial charge >= 0.3 is 12.0 Å². The maximum atomic E-state index is 12.5. The van der Waals surface area contributed by atoms with E-state index in [0.717, 1.165) is 43.4 Å². The van der Waals surface area contributed by atoms with Crippen LogP contribution in [0.2, 0.25) is 0 Å². The number of urea groups is 1. The van der Waals surface area contributed by atoms with Crippen LogP contribution in [0.15, 0.2) is 24.3 Å². The highest BCUT2D eigenvalue weighted by molar-refractivity contribution is 6.00. The molecule has 1 heterocycles. The first-order chi connectivity index (χ1) is 14.3. The van der Waals surface area contributed by atoms with E-state index in [1.165, 1.54) is 6.92 Å². The van der Waals surface area contributed by atoms with Crippen LogP contribution in [0, 0.1) is 12.8 Å². The summed E-state index contributed by atoms with van der Waals surface area (Å²) in [7, 11) is 0. The fourth-order valence-corrected chi connectivity index (χ4v) is 3.85. The molecule has 4 amide bonds. The number of esters is 1. The van der Waals surface area contributed by atoms with E-state index in [9.17, 15) is 19.2 Å². The van der Waals surface area contributed by atoms with E-state index in [1.807, 2.05) is 31.2 Å². The van der Waals surface area contributed by atoms with Gasteiger partial charge in [0.05, 0.1) is 5.92 Å². The second-order valence-corrected chi connectivity index (χ2v) is 8.12. The van der Waals surface area contributed by atoms with Crippen LogP contribution >= 0.6 is 0 Å². The Morgan fingerprint density at radius 2 is 1.77 bits per heavy atom. The molecule has 1 saturated carbocycles. The van der Waals surface area contributed by atoms with Crippen LogP contribution in [0.25, 0.3) is 0 Å². The number of hydrogen-bond acceptors (Lipinski definition) is 5. The number of carbonyl (C=O) groups excluding carboxylic acids is 4. The molecule has 8 nitrogen and oxygen atoms in total. The zero-order valence-electron chi connectivity index (χ0n) is 17.5. The van der Waals surface area contributed by atoms with Crippen molar-refractivity contribution in [2.75, 3.05) is 11.4 Å². The predicted octanol–water partition coefficient (Wildman–Crippen LogP) is 2.44. The van der Waals surface area contributed by atoms with Gasteiger partial charge in [-0.3, -0.25) is 19.7 Å². The highest BCUT2D eigenvalue weighted by Gasteiger charge is 2.37. The zero-order chi connectivity index (χ0) is 21.7. The second kappa shape index (κ2) is 9.73. The van der Waals surface area contributed by atoms with Crippen LogP contribution in [-0.2, 0) is 19.1 Å². The summed E-state index contributed by atoms with van der Waals surface area (Å²) in [6.07, 6.45) is 4.00. The van der Waals surface area contributed by atoms with Crippen LogP contribution < -0.4 is 15.5 Å². The molecule has 0 unspecified atom stereocenters. The monoisotopic (exact) mass is 415 g/mol. The van der Waals surface area contributed by atoms with Crippen molar-refractivity contribution in [3.8, 4) is 0 Å². The van der Waals surface area contributed by atoms with Crippen LogP contribution in [0.4, 0.5) is 10.5 Å². The summed E-state index contributed by atoms with van der Waals surface area (Å²) in [5.74, 6) is -2.11. The van der Waals surface area contributed by atoms with Crippen LogP contribution in [0.1, 0.15) is 51.0 Å². The molecule has 3 rings (SSSR count). The molecule has 162 valence electrons. The first kappa shape index (κ1) is 21.8. The lowest BCUT2D eigenvalue weighted by Crippen LogP contribution is -2.48. The molecule has 0 bridgehead atoms. The van der Waals surface area contributed by atoms with Crippen molar-refractivity contribution in [3.05, 3.63) is 29.8 Å². The number of anilines is 1. The number of imide groups is 1. The third-order valence-electron chi connectivity index (χ3n) is 5.64. The molecule has 2 N–H and O–H groups in total. The summed E-state index contributed by atoms with van der Waals surface area (Å²) in [6, 6.07) is 6.97. The Hall–Kier alpha value is -2.90. The number of amides is 4. The summed E-state index contributed by atoms with van der Waals surface area (Å²) >= 11 is 0. The number of carbonyl (C=O) groups is 4. The van der Waals surface area contributed by atoms with Crippen molar-refractivity contribution in [1.29, 1.82) is 0 Å². The largest absolute Gasteiger partial charge is 0.452 e. The molecule has 1 saturated heterocycles. The molecule has 2 aliphatic rings. The normalized spacial score (nSPS) is 20.5. The summed E-state index contributed by atoms with van der Waals surface area (Å²) in [5.41, 5.74) is 1.81.